The molecule has 0 N–H and O–H groups in total. The number of allylic oxidation sites excluding steroid dienone is 1. The van der Waals surface area contributed by atoms with Crippen molar-refractivity contribution < 1.29 is 27.4 Å². The fraction of sp³-hybridized carbons (Fsp3) is 0.259. The number of hydrogen-bond acceptors (Lipinski definition) is 5. The van der Waals surface area contributed by atoms with Crippen molar-refractivity contribution in [2.75, 3.05) is 6.61 Å². The van der Waals surface area contributed by atoms with E-state index in [9.17, 15) is 13.2 Å². The first-order chi connectivity index (χ1) is 17.7. The largest absolute Gasteiger partial charge is 0.486 e. The second-order valence-corrected chi connectivity index (χ2v) is 9.17. The minimum atomic E-state index is -4.56. The Labute approximate surface area is 222 Å². The van der Waals surface area contributed by atoms with Crippen molar-refractivity contribution in [3.63, 3.8) is 0 Å². The van der Waals surface area contributed by atoms with Gasteiger partial charge in [-0.1, -0.05) is 72.6 Å². The highest BCUT2D eigenvalue weighted by Gasteiger charge is 2.34. The standard InChI is InChI=1S/C27H23Cl2F3N2O3/c1-17-13-18(7-10-24(17)37-20-8-9-22(28)21(14-20)27(30,31)32)11-12-35-25-23(29)15-33-26(34-25)36-16-19-5-3-2-4-6-19/h2-10,13-15,17,24H,11-12,16H2,1H3. The molecule has 3 aromatic rings. The second-order valence-electron chi connectivity index (χ2n) is 8.36. The number of ether oxygens (including phenoxy) is 3. The van der Waals surface area contributed by atoms with E-state index in [1.807, 2.05) is 55.5 Å². The van der Waals surface area contributed by atoms with E-state index in [1.165, 1.54) is 18.3 Å². The van der Waals surface area contributed by atoms with E-state index >= 15 is 0 Å². The van der Waals surface area contributed by atoms with Crippen molar-refractivity contribution in [2.24, 2.45) is 5.92 Å². The van der Waals surface area contributed by atoms with Crippen molar-refractivity contribution in [1.29, 1.82) is 0 Å². The summed E-state index contributed by atoms with van der Waals surface area (Å²) < 4.78 is 56.6. The van der Waals surface area contributed by atoms with Gasteiger partial charge in [-0.3, -0.25) is 0 Å². The van der Waals surface area contributed by atoms with Crippen molar-refractivity contribution in [1.82, 2.24) is 9.97 Å². The summed E-state index contributed by atoms with van der Waals surface area (Å²) in [7, 11) is 0. The molecule has 4 rings (SSSR count). The highest BCUT2D eigenvalue weighted by Crippen LogP contribution is 2.37. The zero-order valence-electron chi connectivity index (χ0n) is 19.7. The summed E-state index contributed by atoms with van der Waals surface area (Å²) in [5.74, 6) is 0.241. The van der Waals surface area contributed by atoms with Crippen molar-refractivity contribution in [3.05, 3.63) is 99.7 Å². The van der Waals surface area contributed by atoms with Gasteiger partial charge in [0.2, 0.25) is 5.88 Å². The minimum absolute atomic E-state index is 0.0781. The molecule has 2 atom stereocenters. The molecule has 0 radical (unpaired) electrons. The molecule has 2 unspecified atom stereocenters. The summed E-state index contributed by atoms with van der Waals surface area (Å²) in [6.07, 6.45) is 2.68. The average Bonchev–Trinajstić information content (AvgIpc) is 2.87. The smallest absolute Gasteiger partial charge is 0.417 e. The molecular formula is C27H23Cl2F3N2O3. The summed E-state index contributed by atoms with van der Waals surface area (Å²) in [6.45, 7) is 2.54. The zero-order valence-corrected chi connectivity index (χ0v) is 21.2. The van der Waals surface area contributed by atoms with Crippen LogP contribution in [0, 0.1) is 5.92 Å². The first-order valence-corrected chi connectivity index (χ1v) is 12.2. The maximum atomic E-state index is 13.1. The van der Waals surface area contributed by atoms with Crippen LogP contribution >= 0.6 is 23.2 Å². The predicted octanol–water partition coefficient (Wildman–Crippen LogP) is 7.73. The fourth-order valence-electron chi connectivity index (χ4n) is 3.64. The third-order valence-electron chi connectivity index (χ3n) is 5.54. The van der Waals surface area contributed by atoms with Crippen LogP contribution in [-0.4, -0.2) is 22.7 Å². The molecule has 0 saturated heterocycles. The van der Waals surface area contributed by atoms with Gasteiger partial charge in [-0.05, 0) is 35.4 Å². The van der Waals surface area contributed by atoms with Crippen LogP contribution in [0.25, 0.3) is 0 Å². The van der Waals surface area contributed by atoms with E-state index < -0.39 is 17.8 Å². The van der Waals surface area contributed by atoms with Crippen LogP contribution in [0.2, 0.25) is 10.0 Å². The number of aromatic nitrogens is 2. The number of benzene rings is 2. The number of hydrogen-bond donors (Lipinski definition) is 0. The zero-order chi connectivity index (χ0) is 26.4. The van der Waals surface area contributed by atoms with E-state index in [1.54, 1.807) is 0 Å². The summed E-state index contributed by atoms with van der Waals surface area (Å²) in [6, 6.07) is 13.3. The first-order valence-electron chi connectivity index (χ1n) is 11.4. The van der Waals surface area contributed by atoms with Gasteiger partial charge in [0.15, 0.2) is 0 Å². The monoisotopic (exact) mass is 550 g/mol. The Kier molecular flexibility index (Phi) is 8.61. The molecule has 1 heterocycles. The SMILES string of the molecule is CC1C=C(CCOc2nc(OCc3ccccc3)ncc2Cl)C=CC1Oc1ccc(Cl)c(C(F)(F)F)c1. The van der Waals surface area contributed by atoms with E-state index in [2.05, 4.69) is 9.97 Å². The van der Waals surface area contributed by atoms with Crippen LogP contribution in [0.3, 0.4) is 0 Å². The van der Waals surface area contributed by atoms with Crippen LogP contribution in [0.1, 0.15) is 24.5 Å². The molecule has 37 heavy (non-hydrogen) atoms. The molecule has 1 aliphatic rings. The van der Waals surface area contributed by atoms with Crippen LogP contribution < -0.4 is 14.2 Å². The molecule has 0 amide bonds. The van der Waals surface area contributed by atoms with Crippen LogP contribution in [0.5, 0.6) is 17.6 Å². The lowest BCUT2D eigenvalue weighted by Gasteiger charge is -2.25. The fourth-order valence-corrected chi connectivity index (χ4v) is 4.01. The van der Waals surface area contributed by atoms with Crippen molar-refractivity contribution in [2.45, 2.75) is 32.2 Å². The topological polar surface area (TPSA) is 53.5 Å². The summed E-state index contributed by atoms with van der Waals surface area (Å²) >= 11 is 11.9. The lowest BCUT2D eigenvalue weighted by atomic mass is 9.93. The number of nitrogens with zero attached hydrogens (tertiary/aromatic N) is 2. The Hall–Kier alpha value is -3.23. The second kappa shape index (κ2) is 11.9. The van der Waals surface area contributed by atoms with E-state index in [0.717, 1.165) is 17.2 Å². The van der Waals surface area contributed by atoms with Gasteiger partial charge in [-0.25, -0.2) is 4.98 Å². The van der Waals surface area contributed by atoms with Gasteiger partial charge in [0.05, 0.1) is 23.4 Å². The normalized spacial score (nSPS) is 17.3. The summed E-state index contributed by atoms with van der Waals surface area (Å²) in [4.78, 5) is 8.32. The molecule has 194 valence electrons. The Morgan fingerprint density at radius 3 is 2.51 bits per heavy atom. The molecule has 0 spiro atoms. The van der Waals surface area contributed by atoms with Crippen LogP contribution in [-0.2, 0) is 12.8 Å². The van der Waals surface area contributed by atoms with Gasteiger partial charge in [-0.2, -0.15) is 18.2 Å². The van der Waals surface area contributed by atoms with Crippen LogP contribution in [0.4, 0.5) is 13.2 Å². The molecule has 2 aromatic carbocycles. The Bertz CT molecular complexity index is 1280. The van der Waals surface area contributed by atoms with E-state index in [-0.39, 0.29) is 33.6 Å². The van der Waals surface area contributed by atoms with Gasteiger partial charge >= 0.3 is 12.2 Å². The number of halogens is 5. The van der Waals surface area contributed by atoms with Crippen molar-refractivity contribution >= 4 is 23.2 Å². The number of alkyl halides is 3. The molecule has 0 saturated carbocycles. The molecule has 1 aliphatic carbocycles. The summed E-state index contributed by atoms with van der Waals surface area (Å²) in [5, 5.41) is -0.101. The predicted molar refractivity (Wildman–Crippen MR) is 135 cm³/mol. The Morgan fingerprint density at radius 1 is 1.00 bits per heavy atom. The molecular weight excluding hydrogens is 528 g/mol. The maximum Gasteiger partial charge on any atom is 0.417 e. The molecule has 5 nitrogen and oxygen atoms in total. The highest BCUT2D eigenvalue weighted by molar-refractivity contribution is 6.31. The van der Waals surface area contributed by atoms with Gasteiger partial charge in [-0.15, -0.1) is 0 Å². The van der Waals surface area contributed by atoms with Gasteiger partial charge in [0.1, 0.15) is 23.5 Å². The van der Waals surface area contributed by atoms with E-state index in [0.29, 0.717) is 19.6 Å². The molecule has 0 fully saturated rings. The lowest BCUT2D eigenvalue weighted by Crippen LogP contribution is -2.24. The minimum Gasteiger partial charge on any atom is -0.486 e. The molecule has 10 heteroatoms. The first kappa shape index (κ1) is 26.8. The van der Waals surface area contributed by atoms with Gasteiger partial charge in [0.25, 0.3) is 0 Å². The number of rotatable bonds is 9. The van der Waals surface area contributed by atoms with Gasteiger partial charge in [0, 0.05) is 12.3 Å². The molecule has 0 bridgehead atoms. The highest BCUT2D eigenvalue weighted by atomic mass is 35.5. The quantitative estimate of drug-likeness (QED) is 0.273. The Balaban J connectivity index is 1.30. The van der Waals surface area contributed by atoms with E-state index in [4.69, 9.17) is 37.4 Å². The average molecular weight is 551 g/mol. The maximum absolute atomic E-state index is 13.1. The third-order valence-corrected chi connectivity index (χ3v) is 6.13. The molecule has 0 aliphatic heterocycles. The molecule has 1 aromatic heterocycles. The lowest BCUT2D eigenvalue weighted by molar-refractivity contribution is -0.137. The van der Waals surface area contributed by atoms with Crippen molar-refractivity contribution in [3.8, 4) is 17.6 Å². The van der Waals surface area contributed by atoms with Gasteiger partial charge < -0.3 is 14.2 Å². The Morgan fingerprint density at radius 2 is 1.78 bits per heavy atom. The summed E-state index contributed by atoms with van der Waals surface area (Å²) in [5.41, 5.74) is 1.04. The third kappa shape index (κ3) is 7.40. The van der Waals surface area contributed by atoms with Crippen LogP contribution in [0.15, 0.2) is 78.5 Å².